The molecule has 0 aliphatic carbocycles. The Morgan fingerprint density at radius 2 is 2.25 bits per heavy atom. The number of nitro groups is 1. The molecule has 0 saturated carbocycles. The summed E-state index contributed by atoms with van der Waals surface area (Å²) in [7, 11) is 0. The molecule has 0 aromatic carbocycles. The van der Waals surface area contributed by atoms with E-state index >= 15 is 0 Å². The van der Waals surface area contributed by atoms with Crippen molar-refractivity contribution in [3.63, 3.8) is 0 Å². The van der Waals surface area contributed by atoms with Gasteiger partial charge in [-0.3, -0.25) is 15.1 Å². The average molecular weight is 207 g/mol. The van der Waals surface area contributed by atoms with Crippen molar-refractivity contribution in [3.05, 3.63) is 38.1 Å². The average Bonchev–Trinajstić information content (AvgIpc) is 1.94. The molecule has 0 radical (unpaired) electrons. The molecule has 1 heterocycles. The number of hydrogen-bond acceptors (Lipinski definition) is 3. The maximum atomic E-state index is 10.1. The molecule has 0 fully saturated rings. The van der Waals surface area contributed by atoms with Crippen LogP contribution >= 0.6 is 23.2 Å². The summed E-state index contributed by atoms with van der Waals surface area (Å²) in [6.45, 7) is -0.379. The lowest BCUT2D eigenvalue weighted by molar-refractivity contribution is -0.497. The molecule has 6 heteroatoms. The monoisotopic (exact) mass is 206 g/mol. The van der Waals surface area contributed by atoms with E-state index in [-0.39, 0.29) is 17.3 Å². The van der Waals surface area contributed by atoms with Crippen LogP contribution in [0.15, 0.2) is 12.3 Å². The van der Waals surface area contributed by atoms with Crippen molar-refractivity contribution < 1.29 is 4.92 Å². The highest BCUT2D eigenvalue weighted by Gasteiger charge is 2.08. The van der Waals surface area contributed by atoms with Crippen LogP contribution in [0.3, 0.4) is 0 Å². The smallest absolute Gasteiger partial charge is 0.246 e. The molecule has 0 bridgehead atoms. The first-order chi connectivity index (χ1) is 5.59. The minimum absolute atomic E-state index is 0.221. The van der Waals surface area contributed by atoms with Crippen molar-refractivity contribution in [1.82, 2.24) is 4.98 Å². The molecule has 1 aromatic heterocycles. The van der Waals surface area contributed by atoms with Crippen LogP contribution in [0.1, 0.15) is 5.69 Å². The Labute approximate surface area is 78.3 Å². The van der Waals surface area contributed by atoms with E-state index in [1.807, 2.05) is 0 Å². The van der Waals surface area contributed by atoms with Crippen LogP contribution in [-0.2, 0) is 6.54 Å². The van der Waals surface area contributed by atoms with Gasteiger partial charge in [-0.05, 0) is 6.07 Å². The van der Waals surface area contributed by atoms with Gasteiger partial charge in [0.2, 0.25) is 6.54 Å². The summed E-state index contributed by atoms with van der Waals surface area (Å²) in [6, 6.07) is 1.43. The first-order valence-corrected chi connectivity index (χ1v) is 3.77. The molecule has 0 aliphatic heterocycles. The predicted molar refractivity (Wildman–Crippen MR) is 45.0 cm³/mol. The largest absolute Gasteiger partial charge is 0.264 e. The van der Waals surface area contributed by atoms with Gasteiger partial charge < -0.3 is 0 Å². The van der Waals surface area contributed by atoms with Crippen LogP contribution in [0, 0.1) is 10.1 Å². The van der Waals surface area contributed by atoms with Gasteiger partial charge in [0.25, 0.3) is 0 Å². The zero-order valence-corrected chi connectivity index (χ0v) is 7.34. The van der Waals surface area contributed by atoms with Gasteiger partial charge in [-0.15, -0.1) is 0 Å². The van der Waals surface area contributed by atoms with Gasteiger partial charge in [0.1, 0.15) is 5.69 Å². The topological polar surface area (TPSA) is 56.0 Å². The lowest BCUT2D eigenvalue weighted by Crippen LogP contribution is -2.01. The second-order valence-electron chi connectivity index (χ2n) is 2.07. The lowest BCUT2D eigenvalue weighted by Gasteiger charge is -1.97. The van der Waals surface area contributed by atoms with Gasteiger partial charge in [0.15, 0.2) is 0 Å². The molecule has 12 heavy (non-hydrogen) atoms. The number of aromatic nitrogens is 1. The van der Waals surface area contributed by atoms with Crippen LogP contribution in [0.25, 0.3) is 0 Å². The van der Waals surface area contributed by atoms with Crippen molar-refractivity contribution in [2.24, 2.45) is 0 Å². The summed E-state index contributed by atoms with van der Waals surface area (Å²) < 4.78 is 0. The Bertz CT molecular complexity index is 316. The van der Waals surface area contributed by atoms with Crippen LogP contribution < -0.4 is 0 Å². The number of halogens is 2. The fraction of sp³-hybridized carbons (Fsp3) is 0.167. The Morgan fingerprint density at radius 3 is 2.75 bits per heavy atom. The molecular weight excluding hydrogens is 203 g/mol. The van der Waals surface area contributed by atoms with Gasteiger partial charge in [-0.1, -0.05) is 23.2 Å². The number of nitrogens with zero attached hydrogens (tertiary/aromatic N) is 2. The van der Waals surface area contributed by atoms with Crippen molar-refractivity contribution in [1.29, 1.82) is 0 Å². The van der Waals surface area contributed by atoms with Gasteiger partial charge in [-0.25, -0.2) is 0 Å². The molecule has 0 unspecified atom stereocenters. The number of pyridine rings is 1. The molecule has 4 nitrogen and oxygen atoms in total. The molecule has 64 valence electrons. The number of rotatable bonds is 2. The zero-order chi connectivity index (χ0) is 9.14. The molecule has 0 aliphatic rings. The van der Waals surface area contributed by atoms with Crippen molar-refractivity contribution in [2.75, 3.05) is 0 Å². The van der Waals surface area contributed by atoms with E-state index in [0.717, 1.165) is 0 Å². The van der Waals surface area contributed by atoms with Crippen molar-refractivity contribution in [3.8, 4) is 0 Å². The normalized spacial score (nSPS) is 9.83. The van der Waals surface area contributed by atoms with Crippen molar-refractivity contribution >= 4 is 23.2 Å². The van der Waals surface area contributed by atoms with Gasteiger partial charge in [-0.2, -0.15) is 0 Å². The Morgan fingerprint density at radius 1 is 1.58 bits per heavy atom. The van der Waals surface area contributed by atoms with Crippen LogP contribution in [0.5, 0.6) is 0 Å². The van der Waals surface area contributed by atoms with Gasteiger partial charge >= 0.3 is 0 Å². The minimum Gasteiger partial charge on any atom is -0.264 e. The van der Waals surface area contributed by atoms with Gasteiger partial charge in [0.05, 0.1) is 10.0 Å². The fourth-order valence-corrected chi connectivity index (χ4v) is 1.12. The zero-order valence-electron chi connectivity index (χ0n) is 5.83. The van der Waals surface area contributed by atoms with E-state index in [4.69, 9.17) is 23.2 Å². The highest BCUT2D eigenvalue weighted by Crippen LogP contribution is 2.18. The van der Waals surface area contributed by atoms with Crippen LogP contribution in [0.4, 0.5) is 0 Å². The third kappa shape index (κ3) is 2.32. The van der Waals surface area contributed by atoms with Crippen molar-refractivity contribution in [2.45, 2.75) is 6.54 Å². The maximum absolute atomic E-state index is 10.1. The molecule has 0 amide bonds. The summed E-state index contributed by atoms with van der Waals surface area (Å²) in [4.78, 5) is 13.3. The van der Waals surface area contributed by atoms with Crippen LogP contribution in [0.2, 0.25) is 10.0 Å². The molecule has 0 saturated heterocycles. The van der Waals surface area contributed by atoms with E-state index in [0.29, 0.717) is 5.02 Å². The maximum Gasteiger partial charge on any atom is 0.246 e. The van der Waals surface area contributed by atoms with Gasteiger partial charge in [0, 0.05) is 11.1 Å². The lowest BCUT2D eigenvalue weighted by atomic mass is 10.3. The second kappa shape index (κ2) is 3.69. The summed E-state index contributed by atoms with van der Waals surface area (Å²) in [5, 5.41) is 10.7. The Hall–Kier alpha value is -0.870. The van der Waals surface area contributed by atoms with Crippen LogP contribution in [-0.4, -0.2) is 9.91 Å². The molecule has 1 aromatic rings. The SMILES string of the molecule is O=[N+]([O-])Cc1ncc(Cl)cc1Cl. The Balaban J connectivity index is 2.93. The van der Waals surface area contributed by atoms with E-state index in [2.05, 4.69) is 4.98 Å². The molecule has 0 atom stereocenters. The fourth-order valence-electron chi connectivity index (χ4n) is 0.682. The molecular formula is C6H4Cl2N2O2. The highest BCUT2D eigenvalue weighted by molar-refractivity contribution is 6.34. The van der Waals surface area contributed by atoms with E-state index in [1.54, 1.807) is 0 Å². The molecule has 0 spiro atoms. The Kier molecular flexibility index (Phi) is 2.83. The van der Waals surface area contributed by atoms with E-state index < -0.39 is 4.92 Å². The number of hydrogen-bond donors (Lipinski definition) is 0. The quantitative estimate of drug-likeness (QED) is 0.551. The molecule has 1 rings (SSSR count). The second-order valence-corrected chi connectivity index (χ2v) is 2.92. The summed E-state index contributed by atoms with van der Waals surface area (Å²) >= 11 is 11.2. The third-order valence-corrected chi connectivity index (χ3v) is 1.70. The summed E-state index contributed by atoms with van der Waals surface area (Å²) in [5.41, 5.74) is 0.228. The van der Waals surface area contributed by atoms with E-state index in [1.165, 1.54) is 12.3 Å². The summed E-state index contributed by atoms with van der Waals surface area (Å²) in [5.74, 6) is 0. The molecule has 0 N–H and O–H groups in total. The minimum atomic E-state index is -0.498. The summed E-state index contributed by atoms with van der Waals surface area (Å²) in [6.07, 6.45) is 1.33. The third-order valence-electron chi connectivity index (χ3n) is 1.16. The standard InChI is InChI=1S/C6H4Cl2N2O2/c7-4-1-5(8)6(9-2-4)3-10(11)12/h1-2H,3H2. The van der Waals surface area contributed by atoms with E-state index in [9.17, 15) is 10.1 Å². The first kappa shape index (κ1) is 9.22. The highest BCUT2D eigenvalue weighted by atomic mass is 35.5. The predicted octanol–water partition coefficient (Wildman–Crippen LogP) is 2.17. The first-order valence-electron chi connectivity index (χ1n) is 3.01.